The van der Waals surface area contributed by atoms with Gasteiger partial charge in [0.1, 0.15) is 18.0 Å². The van der Waals surface area contributed by atoms with E-state index in [0.717, 1.165) is 17.8 Å². The average Bonchev–Trinajstić information content (AvgIpc) is 2.36. The summed E-state index contributed by atoms with van der Waals surface area (Å²) in [6.45, 7) is 2.59. The van der Waals surface area contributed by atoms with Gasteiger partial charge in [0.2, 0.25) is 5.91 Å². The van der Waals surface area contributed by atoms with E-state index < -0.39 is 0 Å². The van der Waals surface area contributed by atoms with Crippen LogP contribution in [0, 0.1) is 6.92 Å². The Kier molecular flexibility index (Phi) is 3.61. The number of amides is 1. The van der Waals surface area contributed by atoms with E-state index >= 15 is 0 Å². The molecular weight excluding hydrogens is 232 g/mol. The minimum Gasteiger partial charge on any atom is -0.365 e. The summed E-state index contributed by atoms with van der Waals surface area (Å²) in [6.07, 6.45) is 2.85. The molecule has 1 saturated heterocycles. The molecule has 1 aliphatic heterocycles. The van der Waals surface area contributed by atoms with Crippen LogP contribution in [0.3, 0.4) is 0 Å². The van der Waals surface area contributed by atoms with Gasteiger partial charge in [-0.2, -0.15) is 0 Å². The van der Waals surface area contributed by atoms with Crippen molar-refractivity contribution >= 4 is 17.5 Å². The summed E-state index contributed by atoms with van der Waals surface area (Å²) in [5, 5.41) is 3.33. The molecule has 1 fully saturated rings. The topological polar surface area (TPSA) is 96.2 Å². The van der Waals surface area contributed by atoms with Crippen LogP contribution in [0.5, 0.6) is 0 Å². The highest BCUT2D eigenvalue weighted by atomic mass is 16.2. The number of carbonyl (C=O) groups excluding carboxylic acids is 1. The van der Waals surface area contributed by atoms with Crippen LogP contribution in [-0.2, 0) is 4.79 Å². The monoisotopic (exact) mass is 250 g/mol. The van der Waals surface area contributed by atoms with Gasteiger partial charge < -0.3 is 15.6 Å². The zero-order chi connectivity index (χ0) is 13.1. The molecule has 7 heteroatoms. The number of nitrogens with one attached hydrogen (secondary N) is 2. The highest BCUT2D eigenvalue weighted by Crippen LogP contribution is 2.20. The number of nitrogens with two attached hydrogens (primary N) is 1. The van der Waals surface area contributed by atoms with E-state index in [2.05, 4.69) is 20.7 Å². The Hall–Kier alpha value is -1.89. The van der Waals surface area contributed by atoms with E-state index in [1.807, 2.05) is 14.0 Å². The molecule has 4 N–H and O–H groups in total. The van der Waals surface area contributed by atoms with Crippen LogP contribution in [-0.4, -0.2) is 40.4 Å². The standard InChI is InChI=1S/C11H18N6O/c1-7-10(13-6-14-11(7)16-12)15-8-3-4-9(18)17(2)5-8/h6,8H,3-5,12H2,1-2H3,(H2,13,14,15,16). The van der Waals surface area contributed by atoms with E-state index in [1.54, 1.807) is 4.90 Å². The zero-order valence-corrected chi connectivity index (χ0v) is 10.6. The van der Waals surface area contributed by atoms with Crippen LogP contribution >= 0.6 is 0 Å². The molecule has 18 heavy (non-hydrogen) atoms. The molecule has 1 aromatic heterocycles. The van der Waals surface area contributed by atoms with Crippen molar-refractivity contribution in [3.8, 4) is 0 Å². The molecule has 2 heterocycles. The Bertz CT molecular complexity index is 449. The third kappa shape index (κ3) is 2.51. The van der Waals surface area contributed by atoms with Gasteiger partial charge in [-0.05, 0) is 13.3 Å². The summed E-state index contributed by atoms with van der Waals surface area (Å²) in [7, 11) is 1.82. The Balaban J connectivity index is 2.08. The summed E-state index contributed by atoms with van der Waals surface area (Å²) >= 11 is 0. The van der Waals surface area contributed by atoms with Crippen LogP contribution in [0.1, 0.15) is 18.4 Å². The largest absolute Gasteiger partial charge is 0.365 e. The van der Waals surface area contributed by atoms with Gasteiger partial charge in [-0.25, -0.2) is 15.8 Å². The third-order valence-electron chi connectivity index (χ3n) is 3.19. The fraction of sp³-hybridized carbons (Fsp3) is 0.545. The Morgan fingerprint density at radius 3 is 2.83 bits per heavy atom. The first-order valence-corrected chi connectivity index (χ1v) is 5.90. The molecule has 1 unspecified atom stereocenters. The second-order valence-electron chi connectivity index (χ2n) is 4.49. The molecule has 0 radical (unpaired) electrons. The first-order chi connectivity index (χ1) is 8.61. The van der Waals surface area contributed by atoms with Crippen molar-refractivity contribution in [1.82, 2.24) is 14.9 Å². The lowest BCUT2D eigenvalue weighted by Gasteiger charge is -2.30. The first kappa shape index (κ1) is 12.6. The third-order valence-corrected chi connectivity index (χ3v) is 3.19. The number of rotatable bonds is 3. The number of carbonyl (C=O) groups is 1. The highest BCUT2D eigenvalue weighted by molar-refractivity contribution is 5.77. The van der Waals surface area contributed by atoms with Crippen molar-refractivity contribution in [2.75, 3.05) is 24.3 Å². The molecule has 0 aliphatic carbocycles. The Labute approximate surface area is 106 Å². The smallest absolute Gasteiger partial charge is 0.222 e. The number of hydrogen-bond donors (Lipinski definition) is 3. The predicted octanol–water partition coefficient (Wildman–Crippen LogP) is 0.103. The summed E-state index contributed by atoms with van der Waals surface area (Å²) in [4.78, 5) is 21.4. The number of nitrogen functional groups attached to an aromatic ring is 1. The number of anilines is 2. The van der Waals surface area contributed by atoms with Crippen molar-refractivity contribution in [1.29, 1.82) is 0 Å². The minimum absolute atomic E-state index is 0.191. The average molecular weight is 250 g/mol. The number of likely N-dealkylation sites (tertiary alicyclic amines) is 1. The molecule has 0 aromatic carbocycles. The molecule has 2 rings (SSSR count). The van der Waals surface area contributed by atoms with E-state index in [1.165, 1.54) is 6.33 Å². The van der Waals surface area contributed by atoms with E-state index in [-0.39, 0.29) is 11.9 Å². The maximum atomic E-state index is 11.4. The SMILES string of the molecule is Cc1c(NN)ncnc1NC1CCC(=O)N(C)C1. The van der Waals surface area contributed by atoms with Crippen molar-refractivity contribution in [2.24, 2.45) is 5.84 Å². The number of likely N-dealkylation sites (N-methyl/N-ethyl adjacent to an activating group) is 1. The second-order valence-corrected chi connectivity index (χ2v) is 4.49. The Morgan fingerprint density at radius 1 is 1.44 bits per heavy atom. The Morgan fingerprint density at radius 2 is 2.17 bits per heavy atom. The molecule has 0 bridgehead atoms. The summed E-state index contributed by atoms with van der Waals surface area (Å²) in [5.41, 5.74) is 3.41. The zero-order valence-electron chi connectivity index (χ0n) is 10.6. The van der Waals surface area contributed by atoms with Gasteiger partial charge in [0.25, 0.3) is 0 Å². The van der Waals surface area contributed by atoms with Crippen LogP contribution in [0.15, 0.2) is 6.33 Å². The van der Waals surface area contributed by atoms with E-state index in [9.17, 15) is 4.79 Å². The lowest BCUT2D eigenvalue weighted by Crippen LogP contribution is -2.43. The summed E-state index contributed by atoms with van der Waals surface area (Å²) < 4.78 is 0. The van der Waals surface area contributed by atoms with Crippen molar-refractivity contribution in [2.45, 2.75) is 25.8 Å². The molecule has 1 aromatic rings. The van der Waals surface area contributed by atoms with Gasteiger partial charge in [-0.1, -0.05) is 0 Å². The number of piperidine rings is 1. The van der Waals surface area contributed by atoms with Crippen LogP contribution in [0.2, 0.25) is 0 Å². The van der Waals surface area contributed by atoms with Gasteiger partial charge in [0.05, 0.1) is 0 Å². The molecule has 1 atom stereocenters. The number of nitrogens with zero attached hydrogens (tertiary/aromatic N) is 3. The lowest BCUT2D eigenvalue weighted by atomic mass is 10.1. The molecule has 0 spiro atoms. The molecular formula is C11H18N6O. The van der Waals surface area contributed by atoms with Crippen molar-refractivity contribution < 1.29 is 4.79 Å². The molecule has 1 aliphatic rings. The van der Waals surface area contributed by atoms with Crippen LogP contribution in [0.25, 0.3) is 0 Å². The molecule has 0 saturated carbocycles. The quantitative estimate of drug-likeness (QED) is 0.520. The maximum absolute atomic E-state index is 11.4. The van der Waals surface area contributed by atoms with Crippen LogP contribution in [0.4, 0.5) is 11.6 Å². The van der Waals surface area contributed by atoms with Crippen molar-refractivity contribution in [3.63, 3.8) is 0 Å². The number of aromatic nitrogens is 2. The normalized spacial score (nSPS) is 19.8. The second kappa shape index (κ2) is 5.18. The van der Waals surface area contributed by atoms with Crippen LogP contribution < -0.4 is 16.6 Å². The van der Waals surface area contributed by atoms with Gasteiger partial charge in [0.15, 0.2) is 0 Å². The molecule has 1 amide bonds. The number of hydrogen-bond acceptors (Lipinski definition) is 6. The summed E-state index contributed by atoms with van der Waals surface area (Å²) in [5.74, 6) is 6.92. The predicted molar refractivity (Wildman–Crippen MR) is 68.9 cm³/mol. The van der Waals surface area contributed by atoms with E-state index in [0.29, 0.717) is 18.8 Å². The molecule has 98 valence electrons. The first-order valence-electron chi connectivity index (χ1n) is 5.90. The maximum Gasteiger partial charge on any atom is 0.222 e. The fourth-order valence-corrected chi connectivity index (χ4v) is 2.06. The highest BCUT2D eigenvalue weighted by Gasteiger charge is 2.23. The van der Waals surface area contributed by atoms with E-state index in [4.69, 9.17) is 5.84 Å². The van der Waals surface area contributed by atoms with Gasteiger partial charge in [0, 0.05) is 31.6 Å². The number of hydrazine groups is 1. The van der Waals surface area contributed by atoms with Gasteiger partial charge in [-0.3, -0.25) is 4.79 Å². The minimum atomic E-state index is 0.191. The molecule has 7 nitrogen and oxygen atoms in total. The van der Waals surface area contributed by atoms with Crippen molar-refractivity contribution in [3.05, 3.63) is 11.9 Å². The lowest BCUT2D eigenvalue weighted by molar-refractivity contribution is -0.132. The summed E-state index contributed by atoms with van der Waals surface area (Å²) in [6, 6.07) is 0.215. The fourth-order valence-electron chi connectivity index (χ4n) is 2.06. The van der Waals surface area contributed by atoms with Gasteiger partial charge >= 0.3 is 0 Å². The van der Waals surface area contributed by atoms with Gasteiger partial charge in [-0.15, -0.1) is 0 Å².